The van der Waals surface area contributed by atoms with E-state index >= 15 is 0 Å². The molecule has 1 aliphatic rings. The lowest BCUT2D eigenvalue weighted by Crippen LogP contribution is -2.46. The molecule has 1 fully saturated rings. The molecule has 1 aliphatic heterocycles. The predicted octanol–water partition coefficient (Wildman–Crippen LogP) is 1.65. The Hall–Kier alpha value is -1.90. The van der Waals surface area contributed by atoms with Crippen molar-refractivity contribution < 1.29 is 4.79 Å². The van der Waals surface area contributed by atoms with Crippen LogP contribution in [0, 0.1) is 0 Å². The first kappa shape index (κ1) is 21.8. The van der Waals surface area contributed by atoms with E-state index in [0.29, 0.717) is 18.1 Å². The number of aryl methyl sites for hydroxylation is 1. The average molecular weight is 418 g/mol. The van der Waals surface area contributed by atoms with Gasteiger partial charge < -0.3 is 19.7 Å². The maximum Gasteiger partial charge on any atom is 0.283 e. The summed E-state index contributed by atoms with van der Waals surface area (Å²) in [5, 5.41) is 3.35. The van der Waals surface area contributed by atoms with E-state index < -0.39 is 0 Å². The molecule has 1 saturated heterocycles. The molecular weight excluding hydrogens is 386 g/mol. The molecule has 2 aromatic rings. The number of carbonyl (C=O) groups is 1. The smallest absolute Gasteiger partial charge is 0.283 e. The lowest BCUT2D eigenvalue weighted by atomic mass is 10.3. The first-order valence-corrected chi connectivity index (χ1v) is 11.4. The topological polar surface area (TPSA) is 70.5 Å². The highest BCUT2D eigenvalue weighted by Crippen LogP contribution is 2.16. The Kier molecular flexibility index (Phi) is 8.09. The molecule has 1 aromatic heterocycles. The largest absolute Gasteiger partial charge is 0.355 e. The normalized spacial score (nSPS) is 15.7. The average Bonchev–Trinajstić information content (AvgIpc) is 2.75. The van der Waals surface area contributed by atoms with Crippen molar-refractivity contribution >= 4 is 28.7 Å². The Bertz CT molecular complexity index is 877. The third kappa shape index (κ3) is 5.81. The third-order valence-electron chi connectivity index (χ3n) is 5.36. The number of amides is 1. The van der Waals surface area contributed by atoms with Crippen LogP contribution in [0.1, 0.15) is 20.3 Å². The first-order chi connectivity index (χ1) is 14.1. The number of para-hydroxylation sites is 2. The molecule has 0 saturated carbocycles. The number of carbonyl (C=O) groups excluding carboxylic acids is 1. The van der Waals surface area contributed by atoms with E-state index in [1.165, 1.54) is 11.8 Å². The van der Waals surface area contributed by atoms with Crippen LogP contribution in [0.2, 0.25) is 0 Å². The van der Waals surface area contributed by atoms with E-state index in [9.17, 15) is 9.59 Å². The van der Waals surface area contributed by atoms with Crippen molar-refractivity contribution in [1.82, 2.24) is 24.7 Å². The van der Waals surface area contributed by atoms with E-state index in [1.54, 1.807) is 4.57 Å². The number of nitrogens with one attached hydrogen (secondary N) is 1. The number of piperazine rings is 1. The van der Waals surface area contributed by atoms with Gasteiger partial charge in [-0.1, -0.05) is 30.8 Å². The minimum absolute atomic E-state index is 0.0526. The molecule has 0 radical (unpaired) electrons. The Balaban J connectivity index is 1.44. The second kappa shape index (κ2) is 10.8. The van der Waals surface area contributed by atoms with Gasteiger partial charge in [-0.2, -0.15) is 0 Å². The second-order valence-corrected chi connectivity index (χ2v) is 8.19. The molecule has 0 unspecified atom stereocenters. The van der Waals surface area contributed by atoms with Crippen molar-refractivity contribution in [1.29, 1.82) is 0 Å². The van der Waals surface area contributed by atoms with Crippen LogP contribution in [0.3, 0.4) is 0 Å². The van der Waals surface area contributed by atoms with Crippen molar-refractivity contribution in [2.75, 3.05) is 51.6 Å². The van der Waals surface area contributed by atoms with E-state index in [1.807, 2.05) is 31.2 Å². The van der Waals surface area contributed by atoms with Crippen molar-refractivity contribution in [3.8, 4) is 0 Å². The Labute approximate surface area is 176 Å². The summed E-state index contributed by atoms with van der Waals surface area (Å²) in [6, 6.07) is 7.60. The predicted molar refractivity (Wildman–Crippen MR) is 119 cm³/mol. The van der Waals surface area contributed by atoms with Crippen molar-refractivity contribution in [3.05, 3.63) is 34.6 Å². The summed E-state index contributed by atoms with van der Waals surface area (Å²) < 4.78 is 1.71. The summed E-state index contributed by atoms with van der Waals surface area (Å²) in [6.07, 6.45) is 0.944. The van der Waals surface area contributed by atoms with Gasteiger partial charge in [-0.15, -0.1) is 0 Å². The van der Waals surface area contributed by atoms with Crippen molar-refractivity contribution in [3.63, 3.8) is 0 Å². The SMILES string of the molecule is CCN1CCN(CCCNC(=O)CSc2nc3ccccc3n(CC)c2=O)CC1. The van der Waals surface area contributed by atoms with Crippen LogP contribution in [0.4, 0.5) is 0 Å². The summed E-state index contributed by atoms with van der Waals surface area (Å²) in [5.74, 6) is 0.155. The van der Waals surface area contributed by atoms with E-state index in [2.05, 4.69) is 27.0 Å². The lowest BCUT2D eigenvalue weighted by molar-refractivity contribution is -0.118. The zero-order valence-corrected chi connectivity index (χ0v) is 18.2. The number of nitrogens with zero attached hydrogens (tertiary/aromatic N) is 4. The number of aromatic nitrogens is 2. The minimum Gasteiger partial charge on any atom is -0.355 e. The molecule has 1 amide bonds. The summed E-state index contributed by atoms with van der Waals surface area (Å²) >= 11 is 1.22. The van der Waals surface area contributed by atoms with Gasteiger partial charge in [0.2, 0.25) is 5.91 Å². The zero-order chi connectivity index (χ0) is 20.6. The molecule has 7 nitrogen and oxygen atoms in total. The van der Waals surface area contributed by atoms with Crippen molar-refractivity contribution in [2.24, 2.45) is 0 Å². The maximum atomic E-state index is 12.6. The second-order valence-electron chi connectivity index (χ2n) is 7.22. The molecule has 0 spiro atoms. The van der Waals surface area contributed by atoms with Gasteiger partial charge in [0, 0.05) is 39.3 Å². The van der Waals surface area contributed by atoms with Crippen LogP contribution in [0.15, 0.2) is 34.1 Å². The number of fused-ring (bicyclic) bond motifs is 1. The Morgan fingerprint density at radius 3 is 2.55 bits per heavy atom. The molecule has 0 bridgehead atoms. The molecule has 1 aromatic carbocycles. The molecular formula is C21H31N5O2S. The molecule has 29 heavy (non-hydrogen) atoms. The van der Waals surface area contributed by atoms with Gasteiger partial charge >= 0.3 is 0 Å². The van der Waals surface area contributed by atoms with E-state index in [0.717, 1.165) is 56.7 Å². The van der Waals surface area contributed by atoms with Crippen LogP contribution in [0.25, 0.3) is 11.0 Å². The molecule has 0 aliphatic carbocycles. The van der Waals surface area contributed by atoms with Crippen molar-refractivity contribution in [2.45, 2.75) is 31.8 Å². The summed E-state index contributed by atoms with van der Waals surface area (Å²) in [7, 11) is 0. The van der Waals surface area contributed by atoms with Gasteiger partial charge in [0.15, 0.2) is 5.03 Å². The fraction of sp³-hybridized carbons (Fsp3) is 0.571. The van der Waals surface area contributed by atoms with E-state index in [-0.39, 0.29) is 17.2 Å². The molecule has 1 N–H and O–H groups in total. The molecule has 0 atom stereocenters. The van der Waals surface area contributed by atoms with Crippen LogP contribution >= 0.6 is 11.8 Å². The van der Waals surface area contributed by atoms with Gasteiger partial charge in [0.25, 0.3) is 5.56 Å². The monoisotopic (exact) mass is 417 g/mol. The highest BCUT2D eigenvalue weighted by molar-refractivity contribution is 7.99. The zero-order valence-electron chi connectivity index (χ0n) is 17.4. The number of hydrogen-bond donors (Lipinski definition) is 1. The molecule has 2 heterocycles. The molecule has 158 valence electrons. The lowest BCUT2D eigenvalue weighted by Gasteiger charge is -2.33. The fourth-order valence-electron chi connectivity index (χ4n) is 3.62. The Morgan fingerprint density at radius 1 is 1.10 bits per heavy atom. The van der Waals surface area contributed by atoms with Crippen LogP contribution in [-0.2, 0) is 11.3 Å². The maximum absolute atomic E-state index is 12.6. The minimum atomic E-state index is -0.129. The van der Waals surface area contributed by atoms with Gasteiger partial charge in [0.05, 0.1) is 16.8 Å². The number of rotatable bonds is 9. The highest BCUT2D eigenvalue weighted by Gasteiger charge is 2.15. The molecule has 3 rings (SSSR count). The summed E-state index contributed by atoms with van der Waals surface area (Å²) in [6.45, 7) is 12.0. The van der Waals surface area contributed by atoms with Gasteiger partial charge in [-0.05, 0) is 38.6 Å². The fourth-order valence-corrected chi connectivity index (χ4v) is 4.39. The number of thioether (sulfide) groups is 1. The van der Waals surface area contributed by atoms with Gasteiger partial charge in [-0.3, -0.25) is 9.59 Å². The number of hydrogen-bond acceptors (Lipinski definition) is 6. The number of benzene rings is 1. The standard InChI is InChI=1S/C21H31N5O2S/c1-3-24-12-14-25(15-13-24)11-7-10-22-19(27)16-29-20-21(28)26(4-2)18-9-6-5-8-17(18)23-20/h5-6,8-9H,3-4,7,10-16H2,1-2H3,(H,22,27). The molecule has 8 heteroatoms. The van der Waals surface area contributed by atoms with Crippen LogP contribution < -0.4 is 10.9 Å². The van der Waals surface area contributed by atoms with E-state index in [4.69, 9.17) is 0 Å². The van der Waals surface area contributed by atoms with Crippen LogP contribution in [-0.4, -0.2) is 76.8 Å². The first-order valence-electron chi connectivity index (χ1n) is 10.5. The van der Waals surface area contributed by atoms with Gasteiger partial charge in [-0.25, -0.2) is 4.98 Å². The quantitative estimate of drug-likeness (QED) is 0.494. The summed E-state index contributed by atoms with van der Waals surface area (Å²) in [4.78, 5) is 34.2. The van der Waals surface area contributed by atoms with Crippen LogP contribution in [0.5, 0.6) is 0 Å². The Morgan fingerprint density at radius 2 is 1.83 bits per heavy atom. The highest BCUT2D eigenvalue weighted by atomic mass is 32.2. The third-order valence-corrected chi connectivity index (χ3v) is 6.31. The number of likely N-dealkylation sites (N-methyl/N-ethyl adjacent to an activating group) is 1. The summed E-state index contributed by atoms with van der Waals surface area (Å²) in [5.41, 5.74) is 1.48. The van der Waals surface area contributed by atoms with Gasteiger partial charge in [0.1, 0.15) is 0 Å².